The highest BCUT2D eigenvalue weighted by Crippen LogP contribution is 2.23. The van der Waals surface area contributed by atoms with Gasteiger partial charge in [0.1, 0.15) is 11.5 Å². The Morgan fingerprint density at radius 1 is 1.17 bits per heavy atom. The molecule has 1 saturated carbocycles. The summed E-state index contributed by atoms with van der Waals surface area (Å²) in [7, 11) is 1.67. The van der Waals surface area contributed by atoms with Crippen LogP contribution in [-0.2, 0) is 0 Å². The van der Waals surface area contributed by atoms with Gasteiger partial charge in [0.2, 0.25) is 0 Å². The van der Waals surface area contributed by atoms with Crippen molar-refractivity contribution in [1.82, 2.24) is 5.32 Å². The minimum Gasteiger partial charge on any atom is -0.497 e. The van der Waals surface area contributed by atoms with E-state index in [2.05, 4.69) is 19.2 Å². The number of benzene rings is 1. The van der Waals surface area contributed by atoms with Crippen LogP contribution in [0.15, 0.2) is 24.3 Å². The summed E-state index contributed by atoms with van der Waals surface area (Å²) in [6, 6.07) is 8.49. The standard InChI is InChI=1S/C15H23NO2/c1-15(2,10-16-12-4-5-12)11-18-14-8-6-13(17-3)7-9-14/h6-9,12,16H,4-5,10-11H2,1-3H3. The van der Waals surface area contributed by atoms with E-state index < -0.39 is 0 Å². The van der Waals surface area contributed by atoms with Crippen molar-refractivity contribution in [3.05, 3.63) is 24.3 Å². The maximum atomic E-state index is 5.83. The summed E-state index contributed by atoms with van der Waals surface area (Å²) in [6.07, 6.45) is 2.66. The van der Waals surface area contributed by atoms with Crippen molar-refractivity contribution < 1.29 is 9.47 Å². The third-order valence-electron chi connectivity index (χ3n) is 3.14. The zero-order valence-electron chi connectivity index (χ0n) is 11.5. The third kappa shape index (κ3) is 4.22. The summed E-state index contributed by atoms with van der Waals surface area (Å²) in [5.74, 6) is 1.76. The summed E-state index contributed by atoms with van der Waals surface area (Å²) >= 11 is 0. The van der Waals surface area contributed by atoms with Crippen LogP contribution in [-0.4, -0.2) is 26.3 Å². The average molecular weight is 249 g/mol. The SMILES string of the molecule is COc1ccc(OCC(C)(C)CNC2CC2)cc1. The normalized spacial score (nSPS) is 15.5. The average Bonchev–Trinajstić information content (AvgIpc) is 3.19. The molecule has 0 saturated heterocycles. The number of hydrogen-bond donors (Lipinski definition) is 1. The van der Waals surface area contributed by atoms with Gasteiger partial charge in [-0.25, -0.2) is 0 Å². The first-order chi connectivity index (χ1) is 8.59. The van der Waals surface area contributed by atoms with E-state index in [9.17, 15) is 0 Å². The van der Waals surface area contributed by atoms with Crippen LogP contribution in [0.1, 0.15) is 26.7 Å². The molecule has 1 aliphatic carbocycles. The molecule has 100 valence electrons. The quantitative estimate of drug-likeness (QED) is 0.806. The molecule has 0 aliphatic heterocycles. The molecule has 0 radical (unpaired) electrons. The summed E-state index contributed by atoms with van der Waals surface area (Å²) in [5, 5.41) is 3.55. The van der Waals surface area contributed by atoms with Crippen molar-refractivity contribution in [2.75, 3.05) is 20.3 Å². The van der Waals surface area contributed by atoms with Crippen LogP contribution in [0.3, 0.4) is 0 Å². The van der Waals surface area contributed by atoms with Crippen LogP contribution in [0.5, 0.6) is 11.5 Å². The molecule has 0 atom stereocenters. The molecular weight excluding hydrogens is 226 g/mol. The lowest BCUT2D eigenvalue weighted by Crippen LogP contribution is -2.35. The molecule has 0 heterocycles. The Kier molecular flexibility index (Phi) is 4.12. The molecule has 1 aromatic carbocycles. The van der Waals surface area contributed by atoms with E-state index in [1.807, 2.05) is 24.3 Å². The van der Waals surface area contributed by atoms with Crippen molar-refractivity contribution >= 4 is 0 Å². The van der Waals surface area contributed by atoms with E-state index in [4.69, 9.17) is 9.47 Å². The van der Waals surface area contributed by atoms with Gasteiger partial charge in [-0.2, -0.15) is 0 Å². The van der Waals surface area contributed by atoms with Crippen LogP contribution in [0.25, 0.3) is 0 Å². The van der Waals surface area contributed by atoms with Crippen molar-refractivity contribution in [3.8, 4) is 11.5 Å². The highest BCUT2D eigenvalue weighted by Gasteiger charge is 2.25. The minimum absolute atomic E-state index is 0.155. The molecular formula is C15H23NO2. The fourth-order valence-corrected chi connectivity index (χ4v) is 1.71. The molecule has 1 aliphatic rings. The van der Waals surface area contributed by atoms with Gasteiger partial charge in [-0.3, -0.25) is 0 Å². The molecule has 1 N–H and O–H groups in total. The monoisotopic (exact) mass is 249 g/mol. The smallest absolute Gasteiger partial charge is 0.119 e. The Balaban J connectivity index is 1.77. The lowest BCUT2D eigenvalue weighted by Gasteiger charge is -2.25. The van der Waals surface area contributed by atoms with Crippen LogP contribution in [0.2, 0.25) is 0 Å². The molecule has 1 fully saturated rings. The van der Waals surface area contributed by atoms with Gasteiger partial charge in [0.15, 0.2) is 0 Å². The summed E-state index contributed by atoms with van der Waals surface area (Å²) in [6.45, 7) is 6.19. The molecule has 18 heavy (non-hydrogen) atoms. The summed E-state index contributed by atoms with van der Waals surface area (Å²) in [4.78, 5) is 0. The second-order valence-corrected chi connectivity index (χ2v) is 5.78. The molecule has 0 amide bonds. The second kappa shape index (κ2) is 5.61. The van der Waals surface area contributed by atoms with E-state index in [1.165, 1.54) is 12.8 Å². The first-order valence-corrected chi connectivity index (χ1v) is 6.59. The van der Waals surface area contributed by atoms with Crippen LogP contribution < -0.4 is 14.8 Å². The predicted octanol–water partition coefficient (Wildman–Crippen LogP) is 2.85. The molecule has 1 aromatic rings. The van der Waals surface area contributed by atoms with Crippen molar-refractivity contribution in [3.63, 3.8) is 0 Å². The first-order valence-electron chi connectivity index (χ1n) is 6.59. The van der Waals surface area contributed by atoms with Gasteiger partial charge in [-0.15, -0.1) is 0 Å². The molecule has 0 aromatic heterocycles. The maximum Gasteiger partial charge on any atom is 0.119 e. The lowest BCUT2D eigenvalue weighted by atomic mass is 9.95. The number of ether oxygens (including phenoxy) is 2. The van der Waals surface area contributed by atoms with Crippen LogP contribution >= 0.6 is 0 Å². The summed E-state index contributed by atoms with van der Waals surface area (Å²) in [5.41, 5.74) is 0.155. The van der Waals surface area contributed by atoms with Crippen LogP contribution in [0, 0.1) is 5.41 Å². The maximum absolute atomic E-state index is 5.83. The van der Waals surface area contributed by atoms with E-state index in [0.717, 1.165) is 30.7 Å². The molecule has 0 bridgehead atoms. The Morgan fingerprint density at radius 3 is 2.33 bits per heavy atom. The van der Waals surface area contributed by atoms with E-state index in [0.29, 0.717) is 0 Å². The fourth-order valence-electron chi connectivity index (χ4n) is 1.71. The topological polar surface area (TPSA) is 30.5 Å². The van der Waals surface area contributed by atoms with Gasteiger partial charge in [0, 0.05) is 18.0 Å². The van der Waals surface area contributed by atoms with Gasteiger partial charge in [-0.1, -0.05) is 13.8 Å². The Morgan fingerprint density at radius 2 is 1.78 bits per heavy atom. The Hall–Kier alpha value is -1.22. The Bertz CT molecular complexity index is 369. The lowest BCUT2D eigenvalue weighted by molar-refractivity contribution is 0.176. The highest BCUT2D eigenvalue weighted by atomic mass is 16.5. The molecule has 3 heteroatoms. The molecule has 0 unspecified atom stereocenters. The molecule has 3 nitrogen and oxygen atoms in total. The largest absolute Gasteiger partial charge is 0.497 e. The van der Waals surface area contributed by atoms with Crippen molar-refractivity contribution in [1.29, 1.82) is 0 Å². The van der Waals surface area contributed by atoms with Gasteiger partial charge in [-0.05, 0) is 37.1 Å². The first kappa shape index (κ1) is 13.2. The van der Waals surface area contributed by atoms with Gasteiger partial charge in [0.25, 0.3) is 0 Å². The van der Waals surface area contributed by atoms with Crippen molar-refractivity contribution in [2.24, 2.45) is 5.41 Å². The fraction of sp³-hybridized carbons (Fsp3) is 0.600. The van der Waals surface area contributed by atoms with E-state index in [1.54, 1.807) is 7.11 Å². The van der Waals surface area contributed by atoms with Crippen LogP contribution in [0.4, 0.5) is 0 Å². The number of nitrogens with one attached hydrogen (secondary N) is 1. The molecule has 2 rings (SSSR count). The second-order valence-electron chi connectivity index (χ2n) is 5.78. The van der Waals surface area contributed by atoms with E-state index in [-0.39, 0.29) is 5.41 Å². The minimum atomic E-state index is 0.155. The highest BCUT2D eigenvalue weighted by molar-refractivity contribution is 5.31. The molecule has 0 spiro atoms. The zero-order chi connectivity index (χ0) is 13.0. The Labute approximate surface area is 109 Å². The number of methoxy groups -OCH3 is 1. The number of rotatable bonds is 7. The van der Waals surface area contributed by atoms with Gasteiger partial charge >= 0.3 is 0 Å². The van der Waals surface area contributed by atoms with Crippen molar-refractivity contribution in [2.45, 2.75) is 32.7 Å². The third-order valence-corrected chi connectivity index (χ3v) is 3.14. The van der Waals surface area contributed by atoms with Gasteiger partial charge < -0.3 is 14.8 Å². The van der Waals surface area contributed by atoms with Gasteiger partial charge in [0.05, 0.1) is 13.7 Å². The summed E-state index contributed by atoms with van der Waals surface area (Å²) < 4.78 is 10.9. The zero-order valence-corrected chi connectivity index (χ0v) is 11.5. The van der Waals surface area contributed by atoms with E-state index >= 15 is 0 Å². The number of hydrogen-bond acceptors (Lipinski definition) is 3. The predicted molar refractivity (Wildman–Crippen MR) is 73.3 cm³/mol.